The van der Waals surface area contributed by atoms with E-state index in [2.05, 4.69) is 22.1 Å². The summed E-state index contributed by atoms with van der Waals surface area (Å²) >= 11 is 0. The summed E-state index contributed by atoms with van der Waals surface area (Å²) in [5, 5.41) is 6.87. The molecule has 128 valence electrons. The Morgan fingerprint density at radius 2 is 2.17 bits per heavy atom. The lowest BCUT2D eigenvalue weighted by Gasteiger charge is -2.32. The Bertz CT molecular complexity index is 697. The lowest BCUT2D eigenvalue weighted by molar-refractivity contribution is 0.0736. The zero-order chi connectivity index (χ0) is 17.1. The Labute approximate surface area is 142 Å². The van der Waals surface area contributed by atoms with Crippen molar-refractivity contribution in [3.63, 3.8) is 0 Å². The van der Waals surface area contributed by atoms with Crippen molar-refractivity contribution in [3.05, 3.63) is 36.0 Å². The van der Waals surface area contributed by atoms with Gasteiger partial charge in [-0.05, 0) is 37.9 Å². The number of nitrogens with one attached hydrogen (secondary N) is 1. The van der Waals surface area contributed by atoms with Crippen LogP contribution in [0.15, 0.2) is 30.3 Å². The van der Waals surface area contributed by atoms with Gasteiger partial charge in [-0.1, -0.05) is 30.3 Å². The first-order chi connectivity index (χ1) is 11.6. The number of hydrogen-bond acceptors (Lipinski definition) is 4. The quantitative estimate of drug-likeness (QED) is 0.901. The number of hydrogen-bond donors (Lipinski definition) is 2. The molecule has 0 aliphatic carbocycles. The smallest absolute Gasteiger partial charge is 0.272 e. The first-order valence-corrected chi connectivity index (χ1v) is 8.39. The molecule has 6 nitrogen and oxygen atoms in total. The highest BCUT2D eigenvalue weighted by atomic mass is 16.2. The van der Waals surface area contributed by atoms with E-state index in [1.807, 2.05) is 37.4 Å². The van der Waals surface area contributed by atoms with E-state index in [-0.39, 0.29) is 5.91 Å². The Morgan fingerprint density at radius 1 is 1.42 bits per heavy atom. The van der Waals surface area contributed by atoms with Crippen molar-refractivity contribution in [3.8, 4) is 11.1 Å². The number of likely N-dealkylation sites (tertiary alicyclic amines) is 1. The number of nitrogens with zero attached hydrogens (tertiary/aromatic N) is 3. The van der Waals surface area contributed by atoms with Crippen molar-refractivity contribution in [1.82, 2.24) is 20.0 Å². The van der Waals surface area contributed by atoms with Crippen LogP contribution in [0.2, 0.25) is 0 Å². The van der Waals surface area contributed by atoms with E-state index in [9.17, 15) is 4.79 Å². The normalized spacial score (nSPS) is 18.5. The largest absolute Gasteiger partial charge is 0.382 e. The minimum atomic E-state index is -0.0636. The standard InChI is InChI=1S/C18H25N5O/c1-22-10-6-7-13(11-22)12-23(2)18(24)16-15(17(19)21-20-16)14-8-4-3-5-9-14/h3-5,8-9,13H,6-7,10-12H2,1-2H3,(H3,19,20,21)/t13-/m0/s1. The lowest BCUT2D eigenvalue weighted by atomic mass is 9.97. The van der Waals surface area contributed by atoms with E-state index in [4.69, 9.17) is 5.73 Å². The third kappa shape index (κ3) is 3.43. The molecule has 0 spiro atoms. The number of benzene rings is 1. The SMILES string of the molecule is CN1CCC[C@H](CN(C)C(=O)c2[nH]nc(N)c2-c2ccccc2)C1. The second-order valence-corrected chi connectivity index (χ2v) is 6.68. The van der Waals surface area contributed by atoms with Gasteiger partial charge in [-0.3, -0.25) is 9.89 Å². The van der Waals surface area contributed by atoms with Crippen LogP contribution in [0.3, 0.4) is 0 Å². The van der Waals surface area contributed by atoms with Crippen LogP contribution in [0.5, 0.6) is 0 Å². The van der Waals surface area contributed by atoms with Gasteiger partial charge in [-0.2, -0.15) is 5.10 Å². The molecule has 1 fully saturated rings. The first kappa shape index (κ1) is 16.5. The van der Waals surface area contributed by atoms with Crippen molar-refractivity contribution >= 4 is 11.7 Å². The molecule has 3 rings (SSSR count). The molecule has 1 aromatic heterocycles. The van der Waals surface area contributed by atoms with Gasteiger partial charge >= 0.3 is 0 Å². The molecule has 6 heteroatoms. The number of nitrogen functional groups attached to an aromatic ring is 1. The highest BCUT2D eigenvalue weighted by molar-refractivity contribution is 6.01. The molecule has 3 N–H and O–H groups in total. The molecule has 1 aromatic carbocycles. The van der Waals surface area contributed by atoms with E-state index >= 15 is 0 Å². The van der Waals surface area contributed by atoms with Crippen LogP contribution in [-0.4, -0.2) is 59.6 Å². The number of carbonyl (C=O) groups excluding carboxylic acids is 1. The average molecular weight is 327 g/mol. The van der Waals surface area contributed by atoms with E-state index < -0.39 is 0 Å². The van der Waals surface area contributed by atoms with Gasteiger partial charge in [-0.15, -0.1) is 0 Å². The fourth-order valence-corrected chi connectivity index (χ4v) is 3.49. The van der Waals surface area contributed by atoms with Gasteiger partial charge in [0.05, 0.1) is 5.56 Å². The summed E-state index contributed by atoms with van der Waals surface area (Å²) in [5.41, 5.74) is 8.05. The number of anilines is 1. The minimum absolute atomic E-state index is 0.0636. The Hall–Kier alpha value is -2.34. The molecule has 0 saturated carbocycles. The molecule has 2 aromatic rings. The summed E-state index contributed by atoms with van der Waals surface area (Å²) < 4.78 is 0. The summed E-state index contributed by atoms with van der Waals surface area (Å²) in [4.78, 5) is 17.0. The Morgan fingerprint density at radius 3 is 2.88 bits per heavy atom. The highest BCUT2D eigenvalue weighted by Crippen LogP contribution is 2.28. The molecule has 1 aliphatic rings. The first-order valence-electron chi connectivity index (χ1n) is 8.39. The maximum Gasteiger partial charge on any atom is 0.272 e. The second-order valence-electron chi connectivity index (χ2n) is 6.68. The fourth-order valence-electron chi connectivity index (χ4n) is 3.49. The fraction of sp³-hybridized carbons (Fsp3) is 0.444. The van der Waals surface area contributed by atoms with E-state index in [1.165, 1.54) is 12.8 Å². The third-order valence-electron chi connectivity index (χ3n) is 4.67. The maximum atomic E-state index is 12.9. The summed E-state index contributed by atoms with van der Waals surface area (Å²) in [6, 6.07) is 9.67. The van der Waals surface area contributed by atoms with Crippen LogP contribution in [0, 0.1) is 5.92 Å². The maximum absolute atomic E-state index is 12.9. The molecule has 2 heterocycles. The Kier molecular flexibility index (Phi) is 4.85. The lowest BCUT2D eigenvalue weighted by Crippen LogP contribution is -2.40. The number of piperidine rings is 1. The summed E-state index contributed by atoms with van der Waals surface area (Å²) in [7, 11) is 3.99. The molecule has 1 amide bonds. The number of rotatable bonds is 4. The van der Waals surface area contributed by atoms with Gasteiger partial charge in [0.1, 0.15) is 5.69 Å². The van der Waals surface area contributed by atoms with Crippen LogP contribution in [0.25, 0.3) is 11.1 Å². The third-order valence-corrected chi connectivity index (χ3v) is 4.67. The molecule has 0 bridgehead atoms. The number of aromatic nitrogens is 2. The highest BCUT2D eigenvalue weighted by Gasteiger charge is 2.25. The number of carbonyl (C=O) groups is 1. The van der Waals surface area contributed by atoms with Gasteiger partial charge < -0.3 is 15.5 Å². The topological polar surface area (TPSA) is 78.2 Å². The average Bonchev–Trinajstić information content (AvgIpc) is 2.96. The molecule has 0 radical (unpaired) electrons. The molecule has 1 saturated heterocycles. The molecular weight excluding hydrogens is 302 g/mol. The summed E-state index contributed by atoms with van der Waals surface area (Å²) in [6.07, 6.45) is 2.36. The van der Waals surface area contributed by atoms with Crippen LogP contribution in [-0.2, 0) is 0 Å². The van der Waals surface area contributed by atoms with Gasteiger partial charge in [-0.25, -0.2) is 0 Å². The van der Waals surface area contributed by atoms with Crippen molar-refractivity contribution in [1.29, 1.82) is 0 Å². The Balaban J connectivity index is 1.78. The zero-order valence-electron chi connectivity index (χ0n) is 14.3. The van der Waals surface area contributed by atoms with Crippen molar-refractivity contribution in [2.75, 3.05) is 39.5 Å². The molecule has 24 heavy (non-hydrogen) atoms. The number of nitrogens with two attached hydrogens (primary N) is 1. The van der Waals surface area contributed by atoms with Crippen LogP contribution < -0.4 is 5.73 Å². The van der Waals surface area contributed by atoms with E-state index in [0.717, 1.165) is 25.2 Å². The van der Waals surface area contributed by atoms with Crippen LogP contribution >= 0.6 is 0 Å². The van der Waals surface area contributed by atoms with E-state index in [1.54, 1.807) is 4.90 Å². The van der Waals surface area contributed by atoms with Crippen molar-refractivity contribution < 1.29 is 4.79 Å². The number of H-pyrrole nitrogens is 1. The van der Waals surface area contributed by atoms with Crippen LogP contribution in [0.1, 0.15) is 23.3 Å². The number of aromatic amines is 1. The van der Waals surface area contributed by atoms with Gasteiger partial charge in [0, 0.05) is 20.1 Å². The molecule has 0 unspecified atom stereocenters. The van der Waals surface area contributed by atoms with Gasteiger partial charge in [0.25, 0.3) is 5.91 Å². The molecule has 1 aliphatic heterocycles. The predicted octanol–water partition coefficient (Wildman–Crippen LogP) is 2.07. The molecular formula is C18H25N5O. The summed E-state index contributed by atoms with van der Waals surface area (Å²) in [5.74, 6) is 0.805. The zero-order valence-corrected chi connectivity index (χ0v) is 14.3. The van der Waals surface area contributed by atoms with Crippen molar-refractivity contribution in [2.24, 2.45) is 5.92 Å². The minimum Gasteiger partial charge on any atom is -0.382 e. The molecule has 1 atom stereocenters. The monoisotopic (exact) mass is 327 g/mol. The predicted molar refractivity (Wildman–Crippen MR) is 95.6 cm³/mol. The van der Waals surface area contributed by atoms with Gasteiger partial charge in [0.15, 0.2) is 5.82 Å². The van der Waals surface area contributed by atoms with Crippen molar-refractivity contribution in [2.45, 2.75) is 12.8 Å². The van der Waals surface area contributed by atoms with Crippen LogP contribution in [0.4, 0.5) is 5.82 Å². The second kappa shape index (κ2) is 7.05. The number of amides is 1. The van der Waals surface area contributed by atoms with Gasteiger partial charge in [0.2, 0.25) is 0 Å². The van der Waals surface area contributed by atoms with E-state index in [0.29, 0.717) is 23.0 Å². The summed E-state index contributed by atoms with van der Waals surface area (Å²) in [6.45, 7) is 2.92.